The molecule has 3 heteroatoms. The number of hydrogen-bond acceptors (Lipinski definition) is 2. The lowest BCUT2D eigenvalue weighted by Crippen LogP contribution is -2.10. The van der Waals surface area contributed by atoms with Gasteiger partial charge in [-0.15, -0.1) is 0 Å². The molecule has 1 fully saturated rings. The second kappa shape index (κ2) is 8.69. The van der Waals surface area contributed by atoms with Crippen LogP contribution in [0.2, 0.25) is 0 Å². The average molecular weight is 368 g/mol. The summed E-state index contributed by atoms with van der Waals surface area (Å²) in [6.07, 6.45) is 6.92. The fourth-order valence-electron chi connectivity index (χ4n) is 4.01. The highest BCUT2D eigenvalue weighted by Crippen LogP contribution is 2.37. The van der Waals surface area contributed by atoms with Crippen molar-refractivity contribution in [2.24, 2.45) is 5.92 Å². The molecule has 0 aliphatic heterocycles. The smallest absolute Gasteiger partial charge is 0.173 e. The predicted octanol–water partition coefficient (Wildman–Crippen LogP) is 6.86. The Morgan fingerprint density at radius 3 is 2.37 bits per heavy atom. The van der Waals surface area contributed by atoms with Crippen LogP contribution in [0.4, 0.5) is 4.39 Å². The van der Waals surface area contributed by atoms with Gasteiger partial charge in [0, 0.05) is 12.0 Å². The van der Waals surface area contributed by atoms with Gasteiger partial charge in [-0.1, -0.05) is 63.4 Å². The molecule has 0 bridgehead atoms. The van der Waals surface area contributed by atoms with E-state index in [1.165, 1.54) is 31.2 Å². The van der Waals surface area contributed by atoms with E-state index in [9.17, 15) is 14.3 Å². The molecule has 1 aliphatic carbocycles. The third-order valence-corrected chi connectivity index (χ3v) is 5.88. The van der Waals surface area contributed by atoms with Crippen molar-refractivity contribution < 1.29 is 14.3 Å². The third-order valence-electron chi connectivity index (χ3n) is 5.88. The number of halogens is 1. The van der Waals surface area contributed by atoms with E-state index in [1.807, 2.05) is 19.1 Å². The lowest BCUT2D eigenvalue weighted by atomic mass is 9.79. The topological polar surface area (TPSA) is 37.3 Å². The SMILES string of the molecule is CCCCC(=O)c1ccc(-c2ccc(C3CCC(C)CC3)cc2)c(F)c1O. The second-order valence-corrected chi connectivity index (χ2v) is 7.93. The molecule has 0 unspecified atom stereocenters. The van der Waals surface area contributed by atoms with Crippen LogP contribution in [0, 0.1) is 11.7 Å². The van der Waals surface area contributed by atoms with Gasteiger partial charge < -0.3 is 5.11 Å². The molecule has 0 saturated heterocycles. The summed E-state index contributed by atoms with van der Waals surface area (Å²) >= 11 is 0. The van der Waals surface area contributed by atoms with E-state index >= 15 is 0 Å². The Bertz CT molecular complexity index is 787. The van der Waals surface area contributed by atoms with E-state index < -0.39 is 11.6 Å². The first kappa shape index (κ1) is 19.6. The first-order chi connectivity index (χ1) is 13.0. The molecule has 1 N–H and O–H groups in total. The summed E-state index contributed by atoms with van der Waals surface area (Å²) < 4.78 is 14.7. The summed E-state index contributed by atoms with van der Waals surface area (Å²) in [5.41, 5.74) is 2.45. The van der Waals surface area contributed by atoms with Crippen LogP contribution in [0.1, 0.15) is 80.6 Å². The normalized spacial score (nSPS) is 19.8. The van der Waals surface area contributed by atoms with Gasteiger partial charge in [-0.3, -0.25) is 4.79 Å². The first-order valence-electron chi connectivity index (χ1n) is 10.2. The minimum Gasteiger partial charge on any atom is -0.504 e. The van der Waals surface area contributed by atoms with Gasteiger partial charge in [0.05, 0.1) is 5.56 Å². The number of phenols is 1. The largest absolute Gasteiger partial charge is 0.504 e. The second-order valence-electron chi connectivity index (χ2n) is 7.93. The zero-order valence-corrected chi connectivity index (χ0v) is 16.3. The van der Waals surface area contributed by atoms with Gasteiger partial charge in [-0.05, 0) is 48.3 Å². The molecule has 0 amide bonds. The highest BCUT2D eigenvalue weighted by atomic mass is 19.1. The molecule has 3 rings (SSSR count). The molecule has 144 valence electrons. The molecule has 1 saturated carbocycles. The molecule has 27 heavy (non-hydrogen) atoms. The Morgan fingerprint density at radius 1 is 1.07 bits per heavy atom. The van der Waals surface area contributed by atoms with Gasteiger partial charge in [-0.2, -0.15) is 0 Å². The molecule has 0 aromatic heterocycles. The zero-order chi connectivity index (χ0) is 19.4. The molecule has 0 heterocycles. The van der Waals surface area contributed by atoms with Gasteiger partial charge in [0.15, 0.2) is 17.3 Å². The van der Waals surface area contributed by atoms with Crippen molar-refractivity contribution in [2.75, 3.05) is 0 Å². The maximum Gasteiger partial charge on any atom is 0.173 e. The van der Waals surface area contributed by atoms with Crippen LogP contribution in [-0.2, 0) is 0 Å². The number of rotatable bonds is 6. The Balaban J connectivity index is 1.80. The van der Waals surface area contributed by atoms with Crippen molar-refractivity contribution in [3.05, 3.63) is 53.3 Å². The molecule has 0 radical (unpaired) electrons. The monoisotopic (exact) mass is 368 g/mol. The first-order valence-corrected chi connectivity index (χ1v) is 10.2. The molecule has 0 spiro atoms. The molecule has 1 aliphatic rings. The van der Waals surface area contributed by atoms with Gasteiger partial charge in [0.1, 0.15) is 0 Å². The van der Waals surface area contributed by atoms with Crippen LogP contribution in [0.3, 0.4) is 0 Å². The lowest BCUT2D eigenvalue weighted by molar-refractivity contribution is 0.0976. The van der Waals surface area contributed by atoms with Gasteiger partial charge in [0.25, 0.3) is 0 Å². The van der Waals surface area contributed by atoms with Crippen LogP contribution in [-0.4, -0.2) is 10.9 Å². The van der Waals surface area contributed by atoms with Crippen molar-refractivity contribution in [2.45, 2.75) is 64.7 Å². The molecule has 2 aromatic rings. The number of benzene rings is 2. The minimum absolute atomic E-state index is 0.0812. The van der Waals surface area contributed by atoms with Crippen LogP contribution in [0.5, 0.6) is 5.75 Å². The van der Waals surface area contributed by atoms with E-state index in [4.69, 9.17) is 0 Å². The van der Waals surface area contributed by atoms with Crippen LogP contribution >= 0.6 is 0 Å². The van der Waals surface area contributed by atoms with Gasteiger partial charge in [0.2, 0.25) is 0 Å². The van der Waals surface area contributed by atoms with Crippen molar-refractivity contribution in [1.82, 2.24) is 0 Å². The maximum atomic E-state index is 14.7. The number of Topliss-reactive ketones (excluding diaryl/α,β-unsaturated/α-hetero) is 1. The van der Waals surface area contributed by atoms with E-state index in [2.05, 4.69) is 19.1 Å². The quantitative estimate of drug-likeness (QED) is 0.565. The Labute approximate surface area is 161 Å². The summed E-state index contributed by atoms with van der Waals surface area (Å²) in [4.78, 5) is 12.1. The summed E-state index contributed by atoms with van der Waals surface area (Å²) in [7, 11) is 0. The van der Waals surface area contributed by atoms with Crippen molar-refractivity contribution in [1.29, 1.82) is 0 Å². The Hall–Kier alpha value is -2.16. The fourth-order valence-corrected chi connectivity index (χ4v) is 4.01. The van der Waals surface area contributed by atoms with Crippen molar-refractivity contribution in [3.8, 4) is 16.9 Å². The summed E-state index contributed by atoms with van der Waals surface area (Å²) in [5.74, 6) is -0.0413. The summed E-state index contributed by atoms with van der Waals surface area (Å²) in [5, 5.41) is 10.2. The molecular formula is C24H29FO2. The van der Waals surface area contributed by atoms with E-state index in [1.54, 1.807) is 12.1 Å². The number of aromatic hydroxyl groups is 1. The van der Waals surface area contributed by atoms with Crippen LogP contribution < -0.4 is 0 Å². The highest BCUT2D eigenvalue weighted by molar-refractivity contribution is 5.99. The maximum absolute atomic E-state index is 14.7. The minimum atomic E-state index is -0.711. The predicted molar refractivity (Wildman–Crippen MR) is 108 cm³/mol. The fraction of sp³-hybridized carbons (Fsp3) is 0.458. The van der Waals surface area contributed by atoms with Crippen LogP contribution in [0.15, 0.2) is 36.4 Å². The van der Waals surface area contributed by atoms with Crippen molar-refractivity contribution >= 4 is 5.78 Å². The Morgan fingerprint density at radius 2 is 1.74 bits per heavy atom. The summed E-state index contributed by atoms with van der Waals surface area (Å²) in [6.45, 7) is 4.31. The van der Waals surface area contributed by atoms with E-state index in [0.29, 0.717) is 17.9 Å². The van der Waals surface area contributed by atoms with E-state index in [-0.39, 0.29) is 11.3 Å². The number of carbonyl (C=O) groups excluding carboxylic acids is 1. The Kier molecular flexibility index (Phi) is 6.30. The number of carbonyl (C=O) groups is 1. The third kappa shape index (κ3) is 4.40. The zero-order valence-electron chi connectivity index (χ0n) is 16.3. The van der Waals surface area contributed by atoms with Crippen LogP contribution in [0.25, 0.3) is 11.1 Å². The molecule has 2 aromatic carbocycles. The number of phenolic OH excluding ortho intramolecular Hbond substituents is 1. The molecule has 2 nitrogen and oxygen atoms in total. The lowest BCUT2D eigenvalue weighted by Gasteiger charge is -2.26. The number of ketones is 1. The number of hydrogen-bond donors (Lipinski definition) is 1. The molecule has 0 atom stereocenters. The highest BCUT2D eigenvalue weighted by Gasteiger charge is 2.21. The van der Waals surface area contributed by atoms with Gasteiger partial charge >= 0.3 is 0 Å². The van der Waals surface area contributed by atoms with Gasteiger partial charge in [-0.25, -0.2) is 4.39 Å². The van der Waals surface area contributed by atoms with E-state index in [0.717, 1.165) is 24.3 Å². The van der Waals surface area contributed by atoms with Crippen molar-refractivity contribution in [3.63, 3.8) is 0 Å². The molecular weight excluding hydrogens is 339 g/mol. The summed E-state index contributed by atoms with van der Waals surface area (Å²) in [6, 6.07) is 11.1. The average Bonchev–Trinajstić information content (AvgIpc) is 2.69. The standard InChI is InChI=1S/C24H29FO2/c1-3-4-5-22(26)21-15-14-20(23(25)24(21)27)19-12-10-18(11-13-19)17-8-6-16(2)7-9-17/h10-17,27H,3-9H2,1-2H3. The number of unbranched alkanes of at least 4 members (excludes halogenated alkanes) is 1.